The maximum Gasteiger partial charge on any atom is 0.160 e. The summed E-state index contributed by atoms with van der Waals surface area (Å²) in [5.41, 5.74) is 7.02. The van der Waals surface area contributed by atoms with Gasteiger partial charge in [0.05, 0.1) is 22.3 Å². The van der Waals surface area contributed by atoms with Crippen LogP contribution in [-0.4, -0.2) is 17.3 Å². The SMILES string of the molecule is COc1c(Cl)cc(Cl)cc1-c1[nH]nc(N)c1Br. The number of ether oxygens (including phenoxy) is 1. The summed E-state index contributed by atoms with van der Waals surface area (Å²) in [4.78, 5) is 0. The van der Waals surface area contributed by atoms with Crippen LogP contribution in [0.4, 0.5) is 5.82 Å². The van der Waals surface area contributed by atoms with Crippen molar-refractivity contribution in [1.29, 1.82) is 0 Å². The minimum atomic E-state index is 0.359. The summed E-state index contributed by atoms with van der Waals surface area (Å²) < 4.78 is 5.90. The van der Waals surface area contributed by atoms with E-state index in [9.17, 15) is 0 Å². The van der Waals surface area contributed by atoms with Crippen molar-refractivity contribution in [2.45, 2.75) is 0 Å². The van der Waals surface area contributed by atoms with E-state index < -0.39 is 0 Å². The van der Waals surface area contributed by atoms with E-state index in [1.165, 1.54) is 7.11 Å². The predicted octanol–water partition coefficient (Wildman–Crippen LogP) is 3.74. The monoisotopic (exact) mass is 335 g/mol. The van der Waals surface area contributed by atoms with Gasteiger partial charge in [0.25, 0.3) is 0 Å². The third-order valence-corrected chi connectivity index (χ3v) is 3.52. The van der Waals surface area contributed by atoms with Gasteiger partial charge in [-0.3, -0.25) is 5.10 Å². The Kier molecular flexibility index (Phi) is 3.51. The number of rotatable bonds is 2. The average molecular weight is 337 g/mol. The van der Waals surface area contributed by atoms with E-state index >= 15 is 0 Å². The molecule has 0 unspecified atom stereocenters. The first-order valence-corrected chi connectivity index (χ1v) is 6.12. The molecule has 17 heavy (non-hydrogen) atoms. The van der Waals surface area contributed by atoms with Crippen LogP contribution in [0.3, 0.4) is 0 Å². The van der Waals surface area contributed by atoms with Crippen molar-refractivity contribution in [3.63, 3.8) is 0 Å². The van der Waals surface area contributed by atoms with E-state index in [1.807, 2.05) is 0 Å². The van der Waals surface area contributed by atoms with Gasteiger partial charge in [-0.2, -0.15) is 5.10 Å². The van der Waals surface area contributed by atoms with Gasteiger partial charge in [0.1, 0.15) is 5.75 Å². The quantitative estimate of drug-likeness (QED) is 0.878. The number of hydrogen-bond acceptors (Lipinski definition) is 3. The molecule has 2 aromatic rings. The molecule has 4 nitrogen and oxygen atoms in total. The van der Waals surface area contributed by atoms with E-state index in [-0.39, 0.29) is 0 Å². The third-order valence-electron chi connectivity index (χ3n) is 2.21. The molecular weight excluding hydrogens is 329 g/mol. The highest BCUT2D eigenvalue weighted by Gasteiger charge is 2.17. The number of hydrogen-bond donors (Lipinski definition) is 2. The first-order valence-electron chi connectivity index (χ1n) is 4.57. The topological polar surface area (TPSA) is 63.9 Å². The minimum Gasteiger partial charge on any atom is -0.494 e. The second-order valence-electron chi connectivity index (χ2n) is 3.27. The lowest BCUT2D eigenvalue weighted by atomic mass is 10.1. The van der Waals surface area contributed by atoms with Crippen molar-refractivity contribution in [1.82, 2.24) is 10.2 Å². The maximum absolute atomic E-state index is 6.05. The van der Waals surface area contributed by atoms with Gasteiger partial charge in [-0.1, -0.05) is 23.2 Å². The molecule has 90 valence electrons. The summed E-state index contributed by atoms with van der Waals surface area (Å²) in [6.07, 6.45) is 0. The van der Waals surface area contributed by atoms with E-state index in [2.05, 4.69) is 26.1 Å². The molecule has 0 aliphatic heterocycles. The van der Waals surface area contributed by atoms with Crippen LogP contribution >= 0.6 is 39.1 Å². The largest absolute Gasteiger partial charge is 0.494 e. The van der Waals surface area contributed by atoms with Crippen molar-refractivity contribution < 1.29 is 4.74 Å². The van der Waals surface area contributed by atoms with E-state index in [1.54, 1.807) is 12.1 Å². The molecule has 1 aromatic heterocycles. The number of nitrogens with zero attached hydrogens (tertiary/aromatic N) is 1. The second-order valence-corrected chi connectivity index (χ2v) is 4.90. The van der Waals surface area contributed by atoms with Crippen LogP contribution in [0.1, 0.15) is 0 Å². The van der Waals surface area contributed by atoms with Gasteiger partial charge in [-0.25, -0.2) is 0 Å². The number of H-pyrrole nitrogens is 1. The average Bonchev–Trinajstić information content (AvgIpc) is 2.59. The zero-order chi connectivity index (χ0) is 12.6. The number of methoxy groups -OCH3 is 1. The summed E-state index contributed by atoms with van der Waals surface area (Å²) in [6, 6.07) is 3.34. The first-order chi connectivity index (χ1) is 8.04. The molecule has 0 saturated heterocycles. The minimum absolute atomic E-state index is 0.359. The highest BCUT2D eigenvalue weighted by molar-refractivity contribution is 9.10. The zero-order valence-electron chi connectivity index (χ0n) is 8.72. The first kappa shape index (κ1) is 12.5. The smallest absolute Gasteiger partial charge is 0.160 e. The molecule has 1 aromatic carbocycles. The summed E-state index contributed by atoms with van der Waals surface area (Å²) in [7, 11) is 1.53. The van der Waals surface area contributed by atoms with E-state index in [0.717, 1.165) is 0 Å². The molecule has 0 bridgehead atoms. The summed E-state index contributed by atoms with van der Waals surface area (Å²) >= 11 is 15.4. The Labute approximate surface area is 116 Å². The van der Waals surface area contributed by atoms with Crippen LogP contribution in [0.2, 0.25) is 10.0 Å². The Hall–Kier alpha value is -0.910. The highest BCUT2D eigenvalue weighted by atomic mass is 79.9. The standard InChI is InChI=1S/C10H8BrCl2N3O/c1-17-9-5(2-4(12)3-6(9)13)8-7(11)10(14)16-15-8/h2-3H,1H3,(H3,14,15,16). The van der Waals surface area contributed by atoms with Crippen LogP contribution in [0, 0.1) is 0 Å². The van der Waals surface area contributed by atoms with Crippen LogP contribution in [0.15, 0.2) is 16.6 Å². The fourth-order valence-corrected chi connectivity index (χ4v) is 2.44. The number of halogens is 3. The van der Waals surface area contributed by atoms with Gasteiger partial charge in [-0.05, 0) is 28.1 Å². The van der Waals surface area contributed by atoms with Crippen molar-refractivity contribution in [2.75, 3.05) is 12.8 Å². The van der Waals surface area contributed by atoms with Crippen LogP contribution in [0.25, 0.3) is 11.3 Å². The van der Waals surface area contributed by atoms with Crippen molar-refractivity contribution in [2.24, 2.45) is 0 Å². The van der Waals surface area contributed by atoms with E-state index in [0.29, 0.717) is 37.3 Å². The van der Waals surface area contributed by atoms with Crippen LogP contribution in [0.5, 0.6) is 5.75 Å². The molecule has 0 amide bonds. The van der Waals surface area contributed by atoms with Gasteiger partial charge in [0, 0.05) is 10.6 Å². The van der Waals surface area contributed by atoms with Crippen molar-refractivity contribution in [3.8, 4) is 17.0 Å². The molecule has 3 N–H and O–H groups in total. The molecule has 2 rings (SSSR count). The molecule has 0 aliphatic carbocycles. The lowest BCUT2D eigenvalue weighted by Gasteiger charge is -2.10. The second kappa shape index (κ2) is 4.76. The number of nitrogens with two attached hydrogens (primary N) is 1. The van der Waals surface area contributed by atoms with Gasteiger partial charge >= 0.3 is 0 Å². The Balaban J connectivity index is 2.70. The van der Waals surface area contributed by atoms with Crippen molar-refractivity contribution >= 4 is 44.9 Å². The molecule has 7 heteroatoms. The van der Waals surface area contributed by atoms with Gasteiger partial charge in [0.2, 0.25) is 0 Å². The van der Waals surface area contributed by atoms with Gasteiger partial charge < -0.3 is 10.5 Å². The van der Waals surface area contributed by atoms with Gasteiger partial charge in [0.15, 0.2) is 5.82 Å². The van der Waals surface area contributed by atoms with Gasteiger partial charge in [-0.15, -0.1) is 0 Å². The lowest BCUT2D eigenvalue weighted by Crippen LogP contribution is -1.90. The summed E-state index contributed by atoms with van der Waals surface area (Å²) in [5, 5.41) is 7.62. The molecule has 0 spiro atoms. The number of nitrogens with one attached hydrogen (secondary N) is 1. The number of aromatic amines is 1. The Morgan fingerprint density at radius 2 is 2.12 bits per heavy atom. The fourth-order valence-electron chi connectivity index (χ4n) is 1.47. The molecule has 0 atom stereocenters. The molecule has 0 fully saturated rings. The molecule has 1 heterocycles. The number of nitrogen functional groups attached to an aromatic ring is 1. The predicted molar refractivity (Wildman–Crippen MR) is 72.7 cm³/mol. The van der Waals surface area contributed by atoms with Crippen LogP contribution in [-0.2, 0) is 0 Å². The Morgan fingerprint density at radius 1 is 1.41 bits per heavy atom. The molecule has 0 aliphatic rings. The maximum atomic E-state index is 6.05. The highest BCUT2D eigenvalue weighted by Crippen LogP contribution is 2.41. The third kappa shape index (κ3) is 2.22. The molecular formula is C10H8BrCl2N3O. The lowest BCUT2D eigenvalue weighted by molar-refractivity contribution is 0.416. The number of anilines is 1. The number of benzene rings is 1. The number of aromatic nitrogens is 2. The summed E-state index contributed by atoms with van der Waals surface area (Å²) in [6.45, 7) is 0. The van der Waals surface area contributed by atoms with Crippen molar-refractivity contribution in [3.05, 3.63) is 26.7 Å². The fraction of sp³-hybridized carbons (Fsp3) is 0.100. The zero-order valence-corrected chi connectivity index (χ0v) is 11.8. The molecule has 0 saturated carbocycles. The normalized spacial score (nSPS) is 10.6. The Bertz CT molecular complexity index is 571. The summed E-state index contributed by atoms with van der Waals surface area (Å²) in [5.74, 6) is 0.874. The Morgan fingerprint density at radius 3 is 2.65 bits per heavy atom. The van der Waals surface area contributed by atoms with Crippen LogP contribution < -0.4 is 10.5 Å². The van der Waals surface area contributed by atoms with E-state index in [4.69, 9.17) is 33.7 Å². The molecule has 0 radical (unpaired) electrons.